The number of hydrogen-bond acceptors (Lipinski definition) is 4. The number of nitrogens with one attached hydrogen (secondary N) is 1. The Morgan fingerprint density at radius 3 is 2.59 bits per heavy atom. The third-order valence-corrected chi connectivity index (χ3v) is 4.60. The van der Waals surface area contributed by atoms with Crippen molar-refractivity contribution in [2.75, 3.05) is 11.1 Å². The van der Waals surface area contributed by atoms with Crippen molar-refractivity contribution in [1.82, 2.24) is 0 Å². The van der Waals surface area contributed by atoms with E-state index in [9.17, 15) is 9.59 Å². The predicted molar refractivity (Wildman–Crippen MR) is 109 cm³/mol. The molecular weight excluding hydrogens is 362 g/mol. The van der Waals surface area contributed by atoms with Crippen LogP contribution in [-0.2, 0) is 21.8 Å². The number of carbonyl (C=O) groups excluding carboxylic acids is 1. The van der Waals surface area contributed by atoms with Crippen LogP contribution in [0.25, 0.3) is 0 Å². The van der Waals surface area contributed by atoms with E-state index < -0.39 is 5.97 Å². The molecule has 2 aromatic rings. The lowest BCUT2D eigenvalue weighted by molar-refractivity contribution is -0.136. The third kappa shape index (κ3) is 8.17. The van der Waals surface area contributed by atoms with E-state index in [0.29, 0.717) is 11.5 Å². The van der Waals surface area contributed by atoms with E-state index >= 15 is 0 Å². The zero-order valence-corrected chi connectivity index (χ0v) is 16.4. The number of ether oxygens (including phenoxy) is 1. The summed E-state index contributed by atoms with van der Waals surface area (Å²) in [7, 11) is 0. The van der Waals surface area contributed by atoms with Gasteiger partial charge in [-0.25, -0.2) is 0 Å². The number of hydrogen-bond donors (Lipinski definition) is 2. The van der Waals surface area contributed by atoms with Crippen molar-refractivity contribution in [2.45, 2.75) is 38.5 Å². The molecule has 2 N–H and O–H groups in total. The molecule has 0 saturated carbocycles. The molecule has 0 heterocycles. The Hall–Kier alpha value is -2.47. The van der Waals surface area contributed by atoms with Crippen LogP contribution in [0.5, 0.6) is 5.75 Å². The topological polar surface area (TPSA) is 75.6 Å². The quantitative estimate of drug-likeness (QED) is 0.592. The molecule has 144 valence electrons. The molecule has 0 saturated heterocycles. The van der Waals surface area contributed by atoms with Gasteiger partial charge in [0.2, 0.25) is 5.91 Å². The van der Waals surface area contributed by atoms with E-state index in [4.69, 9.17) is 9.84 Å². The summed E-state index contributed by atoms with van der Waals surface area (Å²) in [6, 6.07) is 15.2. The SMILES string of the molecule is CC(C)Oc1cccc(CC(=O)Nc2cccc(CSCCC(=O)O)c2)c1. The monoisotopic (exact) mass is 387 g/mol. The number of amides is 1. The van der Waals surface area contributed by atoms with Crippen LogP contribution in [0.15, 0.2) is 48.5 Å². The maximum Gasteiger partial charge on any atom is 0.304 e. The lowest BCUT2D eigenvalue weighted by atomic mass is 10.1. The van der Waals surface area contributed by atoms with E-state index in [1.54, 1.807) is 11.8 Å². The molecule has 0 unspecified atom stereocenters. The minimum Gasteiger partial charge on any atom is -0.491 e. The summed E-state index contributed by atoms with van der Waals surface area (Å²) < 4.78 is 5.66. The molecule has 0 bridgehead atoms. The van der Waals surface area contributed by atoms with E-state index in [0.717, 1.165) is 22.6 Å². The number of carboxylic acids is 1. The summed E-state index contributed by atoms with van der Waals surface area (Å²) in [5.41, 5.74) is 2.69. The maximum atomic E-state index is 12.3. The highest BCUT2D eigenvalue weighted by Gasteiger charge is 2.07. The highest BCUT2D eigenvalue weighted by molar-refractivity contribution is 7.98. The molecule has 0 spiro atoms. The van der Waals surface area contributed by atoms with Crippen molar-refractivity contribution in [3.8, 4) is 5.75 Å². The average Bonchev–Trinajstić information content (AvgIpc) is 2.58. The number of carbonyl (C=O) groups is 2. The van der Waals surface area contributed by atoms with Crippen LogP contribution in [-0.4, -0.2) is 28.8 Å². The lowest BCUT2D eigenvalue weighted by Gasteiger charge is -2.11. The van der Waals surface area contributed by atoms with Crippen LogP contribution in [0.2, 0.25) is 0 Å². The first kappa shape index (κ1) is 20.8. The number of benzene rings is 2. The van der Waals surface area contributed by atoms with Gasteiger partial charge in [0, 0.05) is 17.2 Å². The van der Waals surface area contributed by atoms with Gasteiger partial charge in [-0.3, -0.25) is 9.59 Å². The van der Waals surface area contributed by atoms with Crippen molar-refractivity contribution >= 4 is 29.3 Å². The van der Waals surface area contributed by atoms with Gasteiger partial charge in [-0.05, 0) is 49.2 Å². The second kappa shape index (κ2) is 10.6. The molecule has 6 heteroatoms. The summed E-state index contributed by atoms with van der Waals surface area (Å²) in [6.45, 7) is 3.93. The van der Waals surface area contributed by atoms with Crippen molar-refractivity contribution in [1.29, 1.82) is 0 Å². The molecule has 27 heavy (non-hydrogen) atoms. The number of aliphatic carboxylic acids is 1. The molecular formula is C21H25NO4S. The first-order valence-electron chi connectivity index (χ1n) is 8.86. The Bertz CT molecular complexity index is 776. The van der Waals surface area contributed by atoms with Gasteiger partial charge in [-0.1, -0.05) is 24.3 Å². The Morgan fingerprint density at radius 1 is 1.11 bits per heavy atom. The summed E-state index contributed by atoms with van der Waals surface area (Å²) >= 11 is 1.56. The average molecular weight is 388 g/mol. The molecule has 0 aliphatic heterocycles. The Morgan fingerprint density at radius 2 is 1.85 bits per heavy atom. The molecule has 0 fully saturated rings. The van der Waals surface area contributed by atoms with Gasteiger partial charge in [0.25, 0.3) is 0 Å². The smallest absolute Gasteiger partial charge is 0.304 e. The Kier molecular flexibility index (Phi) is 8.20. The van der Waals surface area contributed by atoms with Crippen LogP contribution < -0.4 is 10.1 Å². The van der Waals surface area contributed by atoms with Crippen LogP contribution in [0.4, 0.5) is 5.69 Å². The number of thioether (sulfide) groups is 1. The van der Waals surface area contributed by atoms with Gasteiger partial charge >= 0.3 is 5.97 Å². The van der Waals surface area contributed by atoms with Gasteiger partial charge in [0.05, 0.1) is 18.9 Å². The molecule has 2 aromatic carbocycles. The van der Waals surface area contributed by atoms with Crippen molar-refractivity contribution in [3.63, 3.8) is 0 Å². The fourth-order valence-electron chi connectivity index (χ4n) is 2.48. The second-order valence-corrected chi connectivity index (χ2v) is 7.54. The van der Waals surface area contributed by atoms with Gasteiger partial charge in [-0.2, -0.15) is 11.8 Å². The lowest BCUT2D eigenvalue weighted by Crippen LogP contribution is -2.14. The van der Waals surface area contributed by atoms with Gasteiger partial charge in [-0.15, -0.1) is 0 Å². The highest BCUT2D eigenvalue weighted by Crippen LogP contribution is 2.19. The third-order valence-electron chi connectivity index (χ3n) is 3.57. The molecule has 0 aliphatic carbocycles. The molecule has 5 nitrogen and oxygen atoms in total. The predicted octanol–water partition coefficient (Wildman–Crippen LogP) is 4.36. The number of carboxylic acid groups (broad SMARTS) is 1. The Labute approximate surface area is 164 Å². The van der Waals surface area contributed by atoms with Gasteiger partial charge in [0.15, 0.2) is 0 Å². The van der Waals surface area contributed by atoms with Gasteiger partial charge < -0.3 is 15.2 Å². The van der Waals surface area contributed by atoms with Crippen LogP contribution in [0, 0.1) is 0 Å². The van der Waals surface area contributed by atoms with Crippen LogP contribution in [0.1, 0.15) is 31.4 Å². The standard InChI is InChI=1S/C21H25NO4S/c1-15(2)26-19-8-4-5-16(12-19)13-20(23)22-18-7-3-6-17(11-18)14-27-10-9-21(24)25/h3-8,11-12,15H,9-10,13-14H2,1-2H3,(H,22,23)(H,24,25). The summed E-state index contributed by atoms with van der Waals surface area (Å²) in [5, 5.41) is 11.6. The normalized spacial score (nSPS) is 10.6. The van der Waals surface area contributed by atoms with Crippen LogP contribution >= 0.6 is 11.8 Å². The summed E-state index contributed by atoms with van der Waals surface area (Å²) in [5.74, 6) is 1.17. The highest BCUT2D eigenvalue weighted by atomic mass is 32.2. The second-order valence-electron chi connectivity index (χ2n) is 6.44. The summed E-state index contributed by atoms with van der Waals surface area (Å²) in [6.07, 6.45) is 0.512. The zero-order chi connectivity index (χ0) is 19.6. The number of anilines is 1. The largest absolute Gasteiger partial charge is 0.491 e. The van der Waals surface area contributed by atoms with Gasteiger partial charge in [0.1, 0.15) is 5.75 Å². The van der Waals surface area contributed by atoms with Crippen molar-refractivity contribution < 1.29 is 19.4 Å². The van der Waals surface area contributed by atoms with E-state index in [-0.39, 0.29) is 24.9 Å². The maximum absolute atomic E-state index is 12.3. The molecule has 0 radical (unpaired) electrons. The molecule has 0 aromatic heterocycles. The van der Waals surface area contributed by atoms with Crippen molar-refractivity contribution in [3.05, 3.63) is 59.7 Å². The van der Waals surface area contributed by atoms with Crippen molar-refractivity contribution in [2.24, 2.45) is 0 Å². The molecule has 0 aliphatic rings. The minimum absolute atomic E-state index is 0.0881. The van der Waals surface area contributed by atoms with E-state index in [1.165, 1.54) is 0 Å². The molecule has 1 amide bonds. The zero-order valence-electron chi connectivity index (χ0n) is 15.6. The minimum atomic E-state index is -0.786. The molecule has 0 atom stereocenters. The first-order valence-corrected chi connectivity index (χ1v) is 10.0. The Balaban J connectivity index is 1.88. The number of rotatable bonds is 10. The van der Waals surface area contributed by atoms with Crippen LogP contribution in [0.3, 0.4) is 0 Å². The fraction of sp³-hybridized carbons (Fsp3) is 0.333. The fourth-order valence-corrected chi connectivity index (χ4v) is 3.36. The first-order chi connectivity index (χ1) is 12.9. The summed E-state index contributed by atoms with van der Waals surface area (Å²) in [4.78, 5) is 22.9. The molecule has 2 rings (SSSR count). The van der Waals surface area contributed by atoms with E-state index in [2.05, 4.69) is 5.32 Å². The van der Waals surface area contributed by atoms with E-state index in [1.807, 2.05) is 62.4 Å².